The van der Waals surface area contributed by atoms with Crippen molar-refractivity contribution in [1.29, 1.82) is 0 Å². The molecule has 1 aromatic carbocycles. The molecule has 4 heteroatoms. The highest BCUT2D eigenvalue weighted by molar-refractivity contribution is 5.14. The summed E-state index contributed by atoms with van der Waals surface area (Å²) < 4.78 is 1.96. The van der Waals surface area contributed by atoms with Gasteiger partial charge in [0, 0.05) is 6.04 Å². The highest BCUT2D eigenvalue weighted by Gasteiger charge is 2.06. The molecule has 0 saturated carbocycles. The quantitative estimate of drug-likeness (QED) is 0.776. The van der Waals surface area contributed by atoms with Gasteiger partial charge in [-0.05, 0) is 38.8 Å². The predicted octanol–water partition coefficient (Wildman–Crippen LogP) is 2.58. The lowest BCUT2D eigenvalue weighted by molar-refractivity contribution is 0.488. The Kier molecular flexibility index (Phi) is 5.10. The molecule has 4 nitrogen and oxygen atoms in total. The average Bonchev–Trinajstić information content (AvgIpc) is 2.88. The van der Waals surface area contributed by atoms with Crippen LogP contribution in [-0.2, 0) is 13.0 Å². The lowest BCUT2D eigenvalue weighted by atomic mass is 10.1. The van der Waals surface area contributed by atoms with Gasteiger partial charge in [-0.25, -0.2) is 9.67 Å². The largest absolute Gasteiger partial charge is 0.310 e. The Labute approximate surface area is 114 Å². The van der Waals surface area contributed by atoms with Gasteiger partial charge < -0.3 is 5.32 Å². The third-order valence-corrected chi connectivity index (χ3v) is 3.08. The molecule has 0 amide bonds. The molecule has 102 valence electrons. The minimum Gasteiger partial charge on any atom is -0.310 e. The van der Waals surface area contributed by atoms with Gasteiger partial charge in [-0.15, -0.1) is 0 Å². The monoisotopic (exact) mass is 258 g/mol. The van der Waals surface area contributed by atoms with Crippen molar-refractivity contribution in [2.45, 2.75) is 39.3 Å². The van der Waals surface area contributed by atoms with Crippen molar-refractivity contribution < 1.29 is 0 Å². The third kappa shape index (κ3) is 4.17. The van der Waals surface area contributed by atoms with Crippen LogP contribution in [0.15, 0.2) is 36.7 Å². The number of aromatic nitrogens is 3. The third-order valence-electron chi connectivity index (χ3n) is 3.08. The second-order valence-electron chi connectivity index (χ2n) is 4.98. The SMILES string of the molecule is CC(C)n1ncnc1CNCCCc1ccccc1. The van der Waals surface area contributed by atoms with Gasteiger partial charge in [0.15, 0.2) is 0 Å². The normalized spacial score (nSPS) is 11.1. The van der Waals surface area contributed by atoms with Gasteiger partial charge >= 0.3 is 0 Å². The molecule has 0 fully saturated rings. The molecule has 2 aromatic rings. The van der Waals surface area contributed by atoms with Crippen LogP contribution in [0.4, 0.5) is 0 Å². The first-order valence-electron chi connectivity index (χ1n) is 6.90. The fourth-order valence-corrected chi connectivity index (χ4v) is 2.09. The number of aryl methyl sites for hydroxylation is 1. The summed E-state index contributed by atoms with van der Waals surface area (Å²) in [6, 6.07) is 11.0. The molecule has 0 radical (unpaired) electrons. The molecule has 0 aliphatic carbocycles. The Balaban J connectivity index is 1.68. The summed E-state index contributed by atoms with van der Waals surface area (Å²) in [6.07, 6.45) is 3.88. The summed E-state index contributed by atoms with van der Waals surface area (Å²) in [6.45, 7) is 6.02. The van der Waals surface area contributed by atoms with E-state index in [-0.39, 0.29) is 0 Å². The summed E-state index contributed by atoms with van der Waals surface area (Å²) in [7, 11) is 0. The Morgan fingerprint density at radius 1 is 1.21 bits per heavy atom. The van der Waals surface area contributed by atoms with Crippen molar-refractivity contribution in [3.8, 4) is 0 Å². The Bertz CT molecular complexity index is 476. The van der Waals surface area contributed by atoms with E-state index in [4.69, 9.17) is 0 Å². The molecule has 0 bridgehead atoms. The molecule has 0 unspecified atom stereocenters. The Morgan fingerprint density at radius 2 is 2.00 bits per heavy atom. The van der Waals surface area contributed by atoms with Crippen LogP contribution >= 0.6 is 0 Å². The second-order valence-corrected chi connectivity index (χ2v) is 4.98. The molecule has 0 aliphatic rings. The standard InChI is InChI=1S/C15H22N4/c1-13(2)19-15(17-12-18-19)11-16-10-6-9-14-7-4-3-5-8-14/h3-5,7-8,12-13,16H,6,9-11H2,1-2H3. The van der Waals surface area contributed by atoms with E-state index in [0.717, 1.165) is 31.8 Å². The molecule has 0 aliphatic heterocycles. The zero-order valence-electron chi connectivity index (χ0n) is 11.7. The van der Waals surface area contributed by atoms with Crippen LogP contribution in [-0.4, -0.2) is 21.3 Å². The first-order valence-corrected chi connectivity index (χ1v) is 6.90. The van der Waals surface area contributed by atoms with Gasteiger partial charge in [0.05, 0.1) is 6.54 Å². The van der Waals surface area contributed by atoms with E-state index in [1.54, 1.807) is 6.33 Å². The molecule has 1 N–H and O–H groups in total. The average molecular weight is 258 g/mol. The zero-order valence-corrected chi connectivity index (χ0v) is 11.7. The van der Waals surface area contributed by atoms with Crippen LogP contribution in [0.1, 0.15) is 37.7 Å². The Morgan fingerprint density at radius 3 is 2.74 bits per heavy atom. The zero-order chi connectivity index (χ0) is 13.5. The van der Waals surface area contributed by atoms with E-state index in [9.17, 15) is 0 Å². The van der Waals surface area contributed by atoms with Crippen LogP contribution in [0.3, 0.4) is 0 Å². The topological polar surface area (TPSA) is 42.7 Å². The summed E-state index contributed by atoms with van der Waals surface area (Å²) in [5, 5.41) is 7.66. The van der Waals surface area contributed by atoms with Gasteiger partial charge in [0.25, 0.3) is 0 Å². The molecule has 0 spiro atoms. The summed E-state index contributed by atoms with van der Waals surface area (Å²) >= 11 is 0. The van der Waals surface area contributed by atoms with Crippen molar-refractivity contribution in [2.75, 3.05) is 6.54 Å². The van der Waals surface area contributed by atoms with Crippen molar-refractivity contribution >= 4 is 0 Å². The minimum atomic E-state index is 0.364. The predicted molar refractivity (Wildman–Crippen MR) is 76.9 cm³/mol. The van der Waals surface area contributed by atoms with Crippen molar-refractivity contribution in [1.82, 2.24) is 20.1 Å². The summed E-state index contributed by atoms with van der Waals surface area (Å²) in [5.41, 5.74) is 1.40. The van der Waals surface area contributed by atoms with Gasteiger partial charge in [0.2, 0.25) is 0 Å². The minimum absolute atomic E-state index is 0.364. The maximum absolute atomic E-state index is 4.28. The molecule has 0 atom stereocenters. The summed E-state index contributed by atoms with van der Waals surface area (Å²) in [4.78, 5) is 4.28. The van der Waals surface area contributed by atoms with Gasteiger partial charge in [0.1, 0.15) is 12.2 Å². The fraction of sp³-hybridized carbons (Fsp3) is 0.467. The maximum atomic E-state index is 4.28. The molecular weight excluding hydrogens is 236 g/mol. The first kappa shape index (κ1) is 13.7. The van der Waals surface area contributed by atoms with Crippen LogP contribution in [0.5, 0.6) is 0 Å². The van der Waals surface area contributed by atoms with Crippen molar-refractivity contribution in [3.05, 3.63) is 48.0 Å². The lowest BCUT2D eigenvalue weighted by Gasteiger charge is -2.10. The number of benzene rings is 1. The molecule has 1 aromatic heterocycles. The molecule has 19 heavy (non-hydrogen) atoms. The molecule has 2 rings (SSSR count). The van der Waals surface area contributed by atoms with E-state index >= 15 is 0 Å². The smallest absolute Gasteiger partial charge is 0.141 e. The number of nitrogens with zero attached hydrogens (tertiary/aromatic N) is 3. The lowest BCUT2D eigenvalue weighted by Crippen LogP contribution is -2.20. The molecule has 1 heterocycles. The van der Waals surface area contributed by atoms with Gasteiger partial charge in [-0.1, -0.05) is 30.3 Å². The van der Waals surface area contributed by atoms with Gasteiger partial charge in [-0.2, -0.15) is 5.10 Å². The van der Waals surface area contributed by atoms with Crippen LogP contribution < -0.4 is 5.32 Å². The first-order chi connectivity index (χ1) is 9.27. The number of hydrogen-bond acceptors (Lipinski definition) is 3. The number of nitrogens with one attached hydrogen (secondary N) is 1. The van der Waals surface area contributed by atoms with E-state index in [0.29, 0.717) is 6.04 Å². The number of hydrogen-bond donors (Lipinski definition) is 1. The Hall–Kier alpha value is -1.68. The highest BCUT2D eigenvalue weighted by atomic mass is 15.3. The molecule has 0 saturated heterocycles. The van der Waals surface area contributed by atoms with Crippen LogP contribution in [0, 0.1) is 0 Å². The van der Waals surface area contributed by atoms with Crippen LogP contribution in [0.2, 0.25) is 0 Å². The van der Waals surface area contributed by atoms with Crippen molar-refractivity contribution in [3.63, 3.8) is 0 Å². The highest BCUT2D eigenvalue weighted by Crippen LogP contribution is 2.05. The van der Waals surface area contributed by atoms with E-state index < -0.39 is 0 Å². The maximum Gasteiger partial charge on any atom is 0.141 e. The van der Waals surface area contributed by atoms with Gasteiger partial charge in [-0.3, -0.25) is 0 Å². The van der Waals surface area contributed by atoms with Crippen molar-refractivity contribution in [2.24, 2.45) is 0 Å². The molecular formula is C15H22N4. The van der Waals surface area contributed by atoms with E-state index in [1.165, 1.54) is 5.56 Å². The van der Waals surface area contributed by atoms with E-state index in [1.807, 2.05) is 4.68 Å². The second kappa shape index (κ2) is 7.04. The number of rotatable bonds is 7. The summed E-state index contributed by atoms with van der Waals surface area (Å²) in [5.74, 6) is 1.01. The van der Waals surface area contributed by atoms with Crippen LogP contribution in [0.25, 0.3) is 0 Å². The van der Waals surface area contributed by atoms with E-state index in [2.05, 4.69) is 59.6 Å². The fourth-order valence-electron chi connectivity index (χ4n) is 2.09.